The van der Waals surface area contributed by atoms with Gasteiger partial charge in [-0.05, 0) is 30.4 Å². The van der Waals surface area contributed by atoms with Crippen molar-refractivity contribution in [1.82, 2.24) is 0 Å². The molecule has 0 N–H and O–H groups in total. The lowest BCUT2D eigenvalue weighted by Gasteiger charge is -2.21. The van der Waals surface area contributed by atoms with E-state index in [2.05, 4.69) is 31.2 Å². The highest BCUT2D eigenvalue weighted by Crippen LogP contribution is 2.41. The highest BCUT2D eigenvalue weighted by atomic mass is 14.4. The number of hydrogen-bond acceptors (Lipinski definition) is 1. The molecular weight excluding hydrogens is 170 g/mol. The topological polar surface area (TPSA) is 23.8 Å². The van der Waals surface area contributed by atoms with Crippen molar-refractivity contribution in [3.63, 3.8) is 0 Å². The standard InChI is InChI=1S/C13H15N/c1-2-8-13(10-14)9-7-11-5-3-4-6-12(11)13/h3-6H,2,7-9H2,1H3. The summed E-state index contributed by atoms with van der Waals surface area (Å²) in [6, 6.07) is 10.9. The first-order valence-electron chi connectivity index (χ1n) is 5.32. The van der Waals surface area contributed by atoms with Crippen LogP contribution < -0.4 is 0 Å². The van der Waals surface area contributed by atoms with E-state index in [1.54, 1.807) is 0 Å². The molecule has 1 unspecified atom stereocenters. The third-order valence-corrected chi connectivity index (χ3v) is 3.24. The summed E-state index contributed by atoms with van der Waals surface area (Å²) in [5, 5.41) is 9.34. The van der Waals surface area contributed by atoms with Crippen LogP contribution in [0.2, 0.25) is 0 Å². The molecule has 0 saturated heterocycles. The van der Waals surface area contributed by atoms with Crippen LogP contribution in [0.15, 0.2) is 24.3 Å². The minimum atomic E-state index is -0.175. The van der Waals surface area contributed by atoms with Gasteiger partial charge in [0.1, 0.15) is 0 Å². The van der Waals surface area contributed by atoms with Gasteiger partial charge in [0.2, 0.25) is 0 Å². The summed E-state index contributed by atoms with van der Waals surface area (Å²) in [7, 11) is 0. The predicted molar refractivity (Wildman–Crippen MR) is 57.0 cm³/mol. The van der Waals surface area contributed by atoms with E-state index in [9.17, 15) is 5.26 Å². The van der Waals surface area contributed by atoms with Crippen molar-refractivity contribution in [2.75, 3.05) is 0 Å². The maximum atomic E-state index is 9.34. The van der Waals surface area contributed by atoms with Gasteiger partial charge in [0, 0.05) is 0 Å². The summed E-state index contributed by atoms with van der Waals surface area (Å²) in [5.74, 6) is 0. The van der Waals surface area contributed by atoms with Gasteiger partial charge in [-0.3, -0.25) is 0 Å². The second-order valence-corrected chi connectivity index (χ2v) is 4.10. The number of rotatable bonds is 2. The van der Waals surface area contributed by atoms with Gasteiger partial charge in [0.05, 0.1) is 11.5 Å². The Kier molecular flexibility index (Phi) is 2.29. The molecule has 0 heterocycles. The van der Waals surface area contributed by atoms with Crippen LogP contribution in [-0.4, -0.2) is 0 Å². The summed E-state index contributed by atoms with van der Waals surface area (Å²) in [4.78, 5) is 0. The third kappa shape index (κ3) is 1.23. The maximum Gasteiger partial charge on any atom is 0.0828 e. The van der Waals surface area contributed by atoms with E-state index in [1.165, 1.54) is 11.1 Å². The van der Waals surface area contributed by atoms with E-state index in [0.717, 1.165) is 25.7 Å². The summed E-state index contributed by atoms with van der Waals surface area (Å²) in [6.07, 6.45) is 4.17. The van der Waals surface area contributed by atoms with Gasteiger partial charge in [-0.25, -0.2) is 0 Å². The first-order chi connectivity index (χ1) is 6.82. The van der Waals surface area contributed by atoms with Crippen molar-refractivity contribution in [3.8, 4) is 6.07 Å². The fourth-order valence-corrected chi connectivity index (χ4v) is 2.55. The van der Waals surface area contributed by atoms with E-state index in [0.29, 0.717) is 0 Å². The van der Waals surface area contributed by atoms with Crippen molar-refractivity contribution in [1.29, 1.82) is 5.26 Å². The number of fused-ring (bicyclic) bond motifs is 1. The van der Waals surface area contributed by atoms with Gasteiger partial charge >= 0.3 is 0 Å². The molecule has 0 radical (unpaired) electrons. The lowest BCUT2D eigenvalue weighted by Crippen LogP contribution is -2.19. The monoisotopic (exact) mass is 185 g/mol. The molecule has 0 saturated carbocycles. The third-order valence-electron chi connectivity index (χ3n) is 3.24. The molecule has 0 bridgehead atoms. The molecule has 1 atom stereocenters. The molecular formula is C13H15N. The summed E-state index contributed by atoms with van der Waals surface area (Å²) >= 11 is 0. The van der Waals surface area contributed by atoms with Crippen LogP contribution in [-0.2, 0) is 11.8 Å². The summed E-state index contributed by atoms with van der Waals surface area (Å²) in [5.41, 5.74) is 2.48. The minimum Gasteiger partial charge on any atom is -0.197 e. The van der Waals surface area contributed by atoms with Crippen molar-refractivity contribution < 1.29 is 0 Å². The van der Waals surface area contributed by atoms with Gasteiger partial charge in [0.15, 0.2) is 0 Å². The molecule has 1 aromatic carbocycles. The Labute approximate surface area is 85.4 Å². The van der Waals surface area contributed by atoms with Gasteiger partial charge in [-0.15, -0.1) is 0 Å². The molecule has 1 aliphatic carbocycles. The van der Waals surface area contributed by atoms with Crippen molar-refractivity contribution in [2.45, 2.75) is 38.0 Å². The Balaban J connectivity index is 2.46. The molecule has 0 fully saturated rings. The molecule has 1 aromatic rings. The summed E-state index contributed by atoms with van der Waals surface area (Å²) in [6.45, 7) is 2.15. The maximum absolute atomic E-state index is 9.34. The molecule has 0 spiro atoms. The second-order valence-electron chi connectivity index (χ2n) is 4.10. The van der Waals surface area contributed by atoms with E-state index < -0.39 is 0 Å². The average Bonchev–Trinajstić information content (AvgIpc) is 2.59. The van der Waals surface area contributed by atoms with Crippen LogP contribution in [0.25, 0.3) is 0 Å². The highest BCUT2D eigenvalue weighted by molar-refractivity contribution is 5.43. The SMILES string of the molecule is CCCC1(C#N)CCc2ccccc21. The number of hydrogen-bond donors (Lipinski definition) is 0. The van der Waals surface area contributed by atoms with Crippen LogP contribution >= 0.6 is 0 Å². The van der Waals surface area contributed by atoms with Crippen LogP contribution in [0, 0.1) is 11.3 Å². The van der Waals surface area contributed by atoms with Gasteiger partial charge < -0.3 is 0 Å². The van der Waals surface area contributed by atoms with E-state index in [1.807, 2.05) is 6.07 Å². The molecule has 0 amide bonds. The zero-order valence-corrected chi connectivity index (χ0v) is 8.59. The smallest absolute Gasteiger partial charge is 0.0828 e. The summed E-state index contributed by atoms with van der Waals surface area (Å²) < 4.78 is 0. The number of nitrogens with zero attached hydrogens (tertiary/aromatic N) is 1. The Morgan fingerprint density at radius 3 is 2.93 bits per heavy atom. The lowest BCUT2D eigenvalue weighted by molar-refractivity contribution is 0.493. The van der Waals surface area contributed by atoms with E-state index in [4.69, 9.17) is 0 Å². The number of aryl methyl sites for hydroxylation is 1. The van der Waals surface area contributed by atoms with Crippen LogP contribution in [0.1, 0.15) is 37.3 Å². The van der Waals surface area contributed by atoms with Crippen LogP contribution in [0.3, 0.4) is 0 Å². The molecule has 0 aliphatic heterocycles. The van der Waals surface area contributed by atoms with Crippen molar-refractivity contribution >= 4 is 0 Å². The molecule has 1 heteroatoms. The minimum absolute atomic E-state index is 0.175. The predicted octanol–water partition coefficient (Wildman–Crippen LogP) is 3.19. The molecule has 1 nitrogen and oxygen atoms in total. The Bertz CT molecular complexity index is 371. The zero-order chi connectivity index (χ0) is 10.0. The quantitative estimate of drug-likeness (QED) is 0.694. The highest BCUT2D eigenvalue weighted by Gasteiger charge is 2.37. The Hall–Kier alpha value is -1.29. The number of nitriles is 1. The van der Waals surface area contributed by atoms with Gasteiger partial charge in [-0.1, -0.05) is 37.6 Å². The largest absolute Gasteiger partial charge is 0.197 e. The molecule has 1 aliphatic rings. The average molecular weight is 185 g/mol. The van der Waals surface area contributed by atoms with Crippen LogP contribution in [0.4, 0.5) is 0 Å². The molecule has 0 aromatic heterocycles. The van der Waals surface area contributed by atoms with Gasteiger partial charge in [-0.2, -0.15) is 5.26 Å². The van der Waals surface area contributed by atoms with Crippen LogP contribution in [0.5, 0.6) is 0 Å². The Morgan fingerprint density at radius 2 is 2.21 bits per heavy atom. The fraction of sp³-hybridized carbons (Fsp3) is 0.462. The lowest BCUT2D eigenvalue weighted by atomic mass is 9.79. The van der Waals surface area contributed by atoms with Crippen molar-refractivity contribution in [3.05, 3.63) is 35.4 Å². The Morgan fingerprint density at radius 1 is 1.43 bits per heavy atom. The second kappa shape index (κ2) is 3.46. The molecule has 2 rings (SSSR count). The first-order valence-corrected chi connectivity index (χ1v) is 5.32. The fourth-order valence-electron chi connectivity index (χ4n) is 2.55. The van der Waals surface area contributed by atoms with Gasteiger partial charge in [0.25, 0.3) is 0 Å². The number of benzene rings is 1. The molecule has 72 valence electrons. The van der Waals surface area contributed by atoms with E-state index >= 15 is 0 Å². The molecule has 14 heavy (non-hydrogen) atoms. The first kappa shape index (κ1) is 9.27. The van der Waals surface area contributed by atoms with E-state index in [-0.39, 0.29) is 5.41 Å². The van der Waals surface area contributed by atoms with Crippen molar-refractivity contribution in [2.24, 2.45) is 0 Å². The zero-order valence-electron chi connectivity index (χ0n) is 8.59. The normalized spacial score (nSPS) is 24.3.